The first kappa shape index (κ1) is 16.4. The third kappa shape index (κ3) is 4.13. The maximum atomic E-state index is 12.3. The topological polar surface area (TPSA) is 45.5 Å². The zero-order chi connectivity index (χ0) is 17.1. The van der Waals surface area contributed by atoms with Gasteiger partial charge in [0.15, 0.2) is 0 Å². The summed E-state index contributed by atoms with van der Waals surface area (Å²) in [6.45, 7) is 4.09. The van der Waals surface area contributed by atoms with E-state index in [0.29, 0.717) is 11.8 Å². The number of amides is 1. The molecule has 1 aliphatic carbocycles. The van der Waals surface area contributed by atoms with E-state index in [1.165, 1.54) is 18.4 Å². The van der Waals surface area contributed by atoms with Crippen molar-refractivity contribution in [2.45, 2.75) is 31.7 Å². The number of likely N-dealkylation sites (tertiary alicyclic amines) is 1. The number of benzene rings is 1. The molecule has 0 radical (unpaired) electrons. The van der Waals surface area contributed by atoms with Gasteiger partial charge in [-0.1, -0.05) is 30.3 Å². The Labute approximate surface area is 149 Å². The number of carbonyl (C=O) groups excluding carboxylic acids is 1. The zero-order valence-electron chi connectivity index (χ0n) is 14.6. The maximum absolute atomic E-state index is 12.3. The fraction of sp³-hybridized carbons (Fsp3) is 0.476. The molecule has 1 saturated heterocycles. The van der Waals surface area contributed by atoms with E-state index in [9.17, 15) is 4.79 Å². The highest BCUT2D eigenvalue weighted by Crippen LogP contribution is 2.47. The van der Waals surface area contributed by atoms with Gasteiger partial charge in [0.25, 0.3) is 0 Å². The van der Waals surface area contributed by atoms with Crippen LogP contribution in [0.5, 0.6) is 0 Å². The Balaban J connectivity index is 1.16. The number of carbonyl (C=O) groups is 1. The molecule has 1 N–H and O–H groups in total. The molecule has 2 aromatic rings. The highest BCUT2D eigenvalue weighted by Gasteiger charge is 2.45. The molecule has 0 unspecified atom stereocenters. The fourth-order valence-electron chi connectivity index (χ4n) is 3.87. The normalized spacial score (nSPS) is 24.2. The third-order valence-electron chi connectivity index (χ3n) is 5.56. The van der Waals surface area contributed by atoms with E-state index in [4.69, 9.17) is 4.42 Å². The molecule has 2 heterocycles. The number of rotatable bonds is 6. The van der Waals surface area contributed by atoms with Crippen LogP contribution in [0.2, 0.25) is 0 Å². The van der Waals surface area contributed by atoms with Crippen LogP contribution in [0.4, 0.5) is 0 Å². The Morgan fingerprint density at radius 1 is 1.12 bits per heavy atom. The van der Waals surface area contributed by atoms with Crippen molar-refractivity contribution in [3.8, 4) is 0 Å². The minimum Gasteiger partial charge on any atom is -0.469 e. The summed E-state index contributed by atoms with van der Waals surface area (Å²) in [6, 6.07) is 14.5. The molecule has 2 atom stereocenters. The average Bonchev–Trinajstić information content (AvgIpc) is 3.27. The van der Waals surface area contributed by atoms with Crippen LogP contribution in [0.15, 0.2) is 53.1 Å². The predicted octanol–water partition coefficient (Wildman–Crippen LogP) is 3.41. The van der Waals surface area contributed by atoms with Crippen molar-refractivity contribution in [3.63, 3.8) is 0 Å². The largest absolute Gasteiger partial charge is 0.469 e. The van der Waals surface area contributed by atoms with Gasteiger partial charge in [-0.25, -0.2) is 0 Å². The number of nitrogens with one attached hydrogen (secondary N) is 1. The van der Waals surface area contributed by atoms with E-state index in [1.54, 1.807) is 6.26 Å². The second kappa shape index (κ2) is 7.44. The van der Waals surface area contributed by atoms with Crippen LogP contribution in [0, 0.1) is 11.8 Å². The molecule has 4 heteroatoms. The molecular formula is C21H26N2O2. The van der Waals surface area contributed by atoms with Crippen molar-refractivity contribution < 1.29 is 9.21 Å². The second-order valence-corrected chi connectivity index (χ2v) is 7.41. The molecule has 1 aromatic heterocycles. The van der Waals surface area contributed by atoms with Crippen LogP contribution in [0.3, 0.4) is 0 Å². The van der Waals surface area contributed by atoms with Gasteiger partial charge in [0.1, 0.15) is 5.76 Å². The molecule has 0 spiro atoms. The van der Waals surface area contributed by atoms with Gasteiger partial charge < -0.3 is 9.73 Å². The molecule has 4 rings (SSSR count). The second-order valence-electron chi connectivity index (χ2n) is 7.41. The van der Waals surface area contributed by atoms with Gasteiger partial charge >= 0.3 is 0 Å². The molecule has 1 saturated carbocycles. The summed E-state index contributed by atoms with van der Waals surface area (Å²) < 4.78 is 5.41. The first-order valence-corrected chi connectivity index (χ1v) is 9.37. The highest BCUT2D eigenvalue weighted by atomic mass is 16.3. The minimum atomic E-state index is 0.115. The van der Waals surface area contributed by atoms with Gasteiger partial charge in [0, 0.05) is 24.9 Å². The van der Waals surface area contributed by atoms with Crippen molar-refractivity contribution in [1.29, 1.82) is 0 Å². The fourth-order valence-corrected chi connectivity index (χ4v) is 3.87. The number of piperidine rings is 1. The quantitative estimate of drug-likeness (QED) is 0.878. The molecule has 2 fully saturated rings. The van der Waals surface area contributed by atoms with Gasteiger partial charge in [0.2, 0.25) is 5.91 Å². The minimum absolute atomic E-state index is 0.115. The third-order valence-corrected chi connectivity index (χ3v) is 5.56. The summed E-state index contributed by atoms with van der Waals surface area (Å²) in [5, 5.41) is 3.17. The Morgan fingerprint density at radius 2 is 1.92 bits per heavy atom. The zero-order valence-corrected chi connectivity index (χ0v) is 14.6. The van der Waals surface area contributed by atoms with E-state index >= 15 is 0 Å². The SMILES string of the molecule is O=C(NCC1CCN(Cc2ccccc2)CC1)[C@@H]1C[C@@H]1c1ccco1. The van der Waals surface area contributed by atoms with Crippen LogP contribution in [-0.4, -0.2) is 30.4 Å². The lowest BCUT2D eigenvalue weighted by Gasteiger charge is -2.32. The Kier molecular flexibility index (Phi) is 4.88. The molecule has 25 heavy (non-hydrogen) atoms. The summed E-state index contributed by atoms with van der Waals surface area (Å²) in [6.07, 6.45) is 4.94. The van der Waals surface area contributed by atoms with Crippen molar-refractivity contribution in [2.75, 3.05) is 19.6 Å². The van der Waals surface area contributed by atoms with Crippen molar-refractivity contribution >= 4 is 5.91 Å². The van der Waals surface area contributed by atoms with Gasteiger partial charge in [-0.2, -0.15) is 0 Å². The van der Waals surface area contributed by atoms with Crippen LogP contribution in [0.1, 0.15) is 36.5 Å². The maximum Gasteiger partial charge on any atom is 0.223 e. The van der Waals surface area contributed by atoms with Gasteiger partial charge in [-0.05, 0) is 56.0 Å². The van der Waals surface area contributed by atoms with E-state index in [2.05, 4.69) is 40.5 Å². The Hall–Kier alpha value is -2.07. The van der Waals surface area contributed by atoms with Gasteiger partial charge in [-0.15, -0.1) is 0 Å². The summed E-state index contributed by atoms with van der Waals surface area (Å²) in [7, 11) is 0. The van der Waals surface area contributed by atoms with Crippen molar-refractivity contribution in [3.05, 3.63) is 60.1 Å². The first-order chi connectivity index (χ1) is 12.3. The number of hydrogen-bond donors (Lipinski definition) is 1. The van der Waals surface area contributed by atoms with Crippen molar-refractivity contribution in [1.82, 2.24) is 10.2 Å². The number of nitrogens with zero attached hydrogens (tertiary/aromatic N) is 1. The monoisotopic (exact) mass is 338 g/mol. The summed E-state index contributed by atoms with van der Waals surface area (Å²) in [4.78, 5) is 14.8. The van der Waals surface area contributed by atoms with E-state index in [1.807, 2.05) is 12.1 Å². The lowest BCUT2D eigenvalue weighted by molar-refractivity contribution is -0.122. The molecule has 1 amide bonds. The smallest absolute Gasteiger partial charge is 0.223 e. The standard InChI is InChI=1S/C21H26N2O2/c24-21(19-13-18(19)20-7-4-12-25-20)22-14-16-8-10-23(11-9-16)15-17-5-2-1-3-6-17/h1-7,12,16,18-19H,8-11,13-15H2,(H,22,24)/t18-,19+/m0/s1. The van der Waals surface area contributed by atoms with E-state index in [0.717, 1.165) is 38.4 Å². The van der Waals surface area contributed by atoms with Crippen LogP contribution >= 0.6 is 0 Å². The molecule has 1 aromatic carbocycles. The Bertz CT molecular complexity index is 675. The first-order valence-electron chi connectivity index (χ1n) is 9.37. The predicted molar refractivity (Wildman–Crippen MR) is 97.0 cm³/mol. The lowest BCUT2D eigenvalue weighted by Crippen LogP contribution is -2.38. The molecule has 4 nitrogen and oxygen atoms in total. The highest BCUT2D eigenvalue weighted by molar-refractivity contribution is 5.82. The number of furan rings is 1. The van der Waals surface area contributed by atoms with Crippen LogP contribution in [0.25, 0.3) is 0 Å². The van der Waals surface area contributed by atoms with Crippen LogP contribution in [-0.2, 0) is 11.3 Å². The van der Waals surface area contributed by atoms with Crippen molar-refractivity contribution in [2.24, 2.45) is 11.8 Å². The van der Waals surface area contributed by atoms with Gasteiger partial charge in [-0.3, -0.25) is 9.69 Å². The molecule has 1 aliphatic heterocycles. The van der Waals surface area contributed by atoms with Crippen LogP contribution < -0.4 is 5.32 Å². The summed E-state index contributed by atoms with van der Waals surface area (Å²) in [5.41, 5.74) is 1.38. The molecule has 0 bridgehead atoms. The number of hydrogen-bond acceptors (Lipinski definition) is 3. The lowest BCUT2D eigenvalue weighted by atomic mass is 9.96. The van der Waals surface area contributed by atoms with E-state index in [-0.39, 0.29) is 11.8 Å². The van der Waals surface area contributed by atoms with E-state index < -0.39 is 0 Å². The molecular weight excluding hydrogens is 312 g/mol. The summed E-state index contributed by atoms with van der Waals surface area (Å²) >= 11 is 0. The molecule has 132 valence electrons. The van der Waals surface area contributed by atoms with Gasteiger partial charge in [0.05, 0.1) is 6.26 Å². The summed E-state index contributed by atoms with van der Waals surface area (Å²) in [5.74, 6) is 2.17. The Morgan fingerprint density at radius 3 is 2.64 bits per heavy atom. The molecule has 2 aliphatic rings. The average molecular weight is 338 g/mol.